The lowest BCUT2D eigenvalue weighted by Gasteiger charge is -2.36. The molecule has 1 aliphatic heterocycles. The lowest BCUT2D eigenvalue weighted by molar-refractivity contribution is -0.122. The van der Waals surface area contributed by atoms with Crippen LogP contribution in [-0.2, 0) is 19.6 Å². The van der Waals surface area contributed by atoms with Gasteiger partial charge in [-0.1, -0.05) is 55.2 Å². The van der Waals surface area contributed by atoms with Gasteiger partial charge >= 0.3 is 0 Å². The van der Waals surface area contributed by atoms with Gasteiger partial charge in [0.2, 0.25) is 15.9 Å². The van der Waals surface area contributed by atoms with E-state index in [0.717, 1.165) is 29.7 Å². The molecule has 1 unspecified atom stereocenters. The highest BCUT2D eigenvalue weighted by Gasteiger charge is 2.49. The highest BCUT2D eigenvalue weighted by molar-refractivity contribution is 7.89. The van der Waals surface area contributed by atoms with E-state index < -0.39 is 22.0 Å². The highest BCUT2D eigenvalue weighted by Crippen LogP contribution is 2.35. The van der Waals surface area contributed by atoms with Gasteiger partial charge in [0.05, 0.1) is 17.0 Å². The molecule has 7 heteroatoms. The Balaban J connectivity index is 1.73. The molecular weight excluding hydrogens is 400 g/mol. The molecule has 4 rings (SSSR count). The number of benzene rings is 2. The Bertz CT molecular complexity index is 1030. The number of aryl methyl sites for hydroxylation is 1. The van der Waals surface area contributed by atoms with Crippen molar-refractivity contribution >= 4 is 27.5 Å². The summed E-state index contributed by atoms with van der Waals surface area (Å²) in [4.78, 5) is 27.5. The molecule has 0 bridgehead atoms. The van der Waals surface area contributed by atoms with Gasteiger partial charge in [-0.05, 0) is 44.0 Å². The van der Waals surface area contributed by atoms with E-state index in [9.17, 15) is 18.0 Å². The van der Waals surface area contributed by atoms with E-state index in [1.807, 2.05) is 19.1 Å². The van der Waals surface area contributed by atoms with E-state index in [1.54, 1.807) is 42.5 Å². The molecule has 1 atom stereocenters. The molecule has 1 aliphatic carbocycles. The van der Waals surface area contributed by atoms with Crippen molar-refractivity contribution in [3.05, 3.63) is 60.2 Å². The maximum absolute atomic E-state index is 13.6. The minimum Gasteiger partial charge on any atom is -0.274 e. The van der Waals surface area contributed by atoms with E-state index in [-0.39, 0.29) is 23.3 Å². The number of hydrogen-bond donors (Lipinski definition) is 0. The fraction of sp³-hybridized carbons (Fsp3) is 0.391. The first kappa shape index (κ1) is 20.8. The zero-order valence-corrected chi connectivity index (χ0v) is 17.8. The molecule has 6 nitrogen and oxygen atoms in total. The molecule has 1 heterocycles. The normalized spacial score (nSPS) is 20.9. The summed E-state index contributed by atoms with van der Waals surface area (Å²) in [6, 6.07) is 14.0. The minimum atomic E-state index is -3.92. The molecule has 0 N–H and O–H groups in total. The van der Waals surface area contributed by atoms with Crippen LogP contribution < -0.4 is 4.90 Å². The van der Waals surface area contributed by atoms with E-state index in [4.69, 9.17) is 0 Å². The number of carbonyl (C=O) groups excluding carboxylic acids is 2. The monoisotopic (exact) mass is 426 g/mol. The number of nitrogens with zero attached hydrogens (tertiary/aromatic N) is 2. The largest absolute Gasteiger partial charge is 0.274 e. The fourth-order valence-corrected chi connectivity index (χ4v) is 6.30. The predicted octanol–water partition coefficient (Wildman–Crippen LogP) is 3.65. The average molecular weight is 427 g/mol. The molecule has 0 aromatic heterocycles. The van der Waals surface area contributed by atoms with Crippen LogP contribution in [0.3, 0.4) is 0 Å². The Morgan fingerprint density at radius 2 is 1.53 bits per heavy atom. The van der Waals surface area contributed by atoms with Gasteiger partial charge in [-0.25, -0.2) is 13.3 Å². The Morgan fingerprint density at radius 3 is 2.17 bits per heavy atom. The van der Waals surface area contributed by atoms with Crippen LogP contribution in [0.1, 0.15) is 44.1 Å². The molecule has 2 amide bonds. The Hall–Kier alpha value is -2.51. The smallest absolute Gasteiger partial charge is 0.252 e. The molecule has 1 saturated carbocycles. The van der Waals surface area contributed by atoms with Gasteiger partial charge in [0, 0.05) is 6.04 Å². The van der Waals surface area contributed by atoms with Gasteiger partial charge in [0.15, 0.2) is 0 Å². The first-order chi connectivity index (χ1) is 14.4. The van der Waals surface area contributed by atoms with Crippen LogP contribution >= 0.6 is 0 Å². The van der Waals surface area contributed by atoms with Gasteiger partial charge in [0.25, 0.3) is 5.91 Å². The second-order valence-corrected chi connectivity index (χ2v) is 9.91. The van der Waals surface area contributed by atoms with Gasteiger partial charge in [-0.2, -0.15) is 4.31 Å². The van der Waals surface area contributed by atoms with Gasteiger partial charge in [-0.15, -0.1) is 0 Å². The van der Waals surface area contributed by atoms with Gasteiger partial charge in [0.1, 0.15) is 6.04 Å². The van der Waals surface area contributed by atoms with Crippen molar-refractivity contribution < 1.29 is 18.0 Å². The zero-order valence-electron chi connectivity index (χ0n) is 17.0. The molecular formula is C23H26N2O4S. The van der Waals surface area contributed by atoms with Crippen molar-refractivity contribution in [2.75, 3.05) is 4.90 Å². The first-order valence-corrected chi connectivity index (χ1v) is 11.9. The maximum Gasteiger partial charge on any atom is 0.252 e. The second-order valence-electron chi connectivity index (χ2n) is 8.06. The summed E-state index contributed by atoms with van der Waals surface area (Å²) in [5.74, 6) is -0.827. The molecule has 2 aromatic carbocycles. The summed E-state index contributed by atoms with van der Waals surface area (Å²) in [5.41, 5.74) is 1.50. The van der Waals surface area contributed by atoms with Crippen LogP contribution in [0.4, 0.5) is 5.69 Å². The standard InChI is InChI=1S/C23H26N2O4S/c1-17-12-14-18(15-13-17)24-22(26)16-21(23(24)27)25(19-8-4-2-5-9-19)30(28,29)20-10-6-3-7-11-20/h3,6-7,10-15,19,21H,2,4-5,8-9,16H2,1H3. The van der Waals surface area contributed by atoms with Crippen molar-refractivity contribution in [3.8, 4) is 0 Å². The molecule has 1 saturated heterocycles. The third kappa shape index (κ3) is 3.79. The van der Waals surface area contributed by atoms with E-state index in [2.05, 4.69) is 0 Å². The van der Waals surface area contributed by atoms with E-state index >= 15 is 0 Å². The Kier molecular flexibility index (Phi) is 5.75. The number of anilines is 1. The SMILES string of the molecule is Cc1ccc(N2C(=O)CC(N(C3CCCCC3)S(=O)(=O)c3ccccc3)C2=O)cc1. The molecule has 0 spiro atoms. The summed E-state index contributed by atoms with van der Waals surface area (Å²) >= 11 is 0. The van der Waals surface area contributed by atoms with Crippen molar-refractivity contribution in [1.82, 2.24) is 4.31 Å². The molecule has 2 aromatic rings. The fourth-order valence-electron chi connectivity index (χ4n) is 4.45. The van der Waals surface area contributed by atoms with E-state index in [1.165, 1.54) is 4.31 Å². The van der Waals surface area contributed by atoms with Crippen LogP contribution in [0.15, 0.2) is 59.5 Å². The van der Waals surface area contributed by atoms with Crippen molar-refractivity contribution in [2.24, 2.45) is 0 Å². The van der Waals surface area contributed by atoms with E-state index in [0.29, 0.717) is 18.5 Å². The number of carbonyl (C=O) groups is 2. The molecule has 158 valence electrons. The number of sulfonamides is 1. The minimum absolute atomic E-state index is 0.130. The topological polar surface area (TPSA) is 74.8 Å². The molecule has 2 fully saturated rings. The zero-order chi connectivity index (χ0) is 21.3. The highest BCUT2D eigenvalue weighted by atomic mass is 32.2. The molecule has 30 heavy (non-hydrogen) atoms. The lowest BCUT2D eigenvalue weighted by Crippen LogP contribution is -2.51. The van der Waals surface area contributed by atoms with Crippen LogP contribution in [0.25, 0.3) is 0 Å². The number of amides is 2. The van der Waals surface area contributed by atoms with Crippen LogP contribution in [-0.4, -0.2) is 36.6 Å². The van der Waals surface area contributed by atoms with Crippen LogP contribution in [0.2, 0.25) is 0 Å². The summed E-state index contributed by atoms with van der Waals surface area (Å²) in [6.45, 7) is 1.93. The quantitative estimate of drug-likeness (QED) is 0.684. The summed E-state index contributed by atoms with van der Waals surface area (Å²) in [5, 5.41) is 0. The Morgan fingerprint density at radius 1 is 0.900 bits per heavy atom. The third-order valence-electron chi connectivity index (χ3n) is 5.98. The van der Waals surface area contributed by atoms with Gasteiger partial charge < -0.3 is 0 Å². The number of imide groups is 1. The average Bonchev–Trinajstić information content (AvgIpc) is 3.04. The number of rotatable bonds is 5. The number of hydrogen-bond acceptors (Lipinski definition) is 4. The summed E-state index contributed by atoms with van der Waals surface area (Å²) in [7, 11) is -3.92. The maximum atomic E-state index is 13.6. The van der Waals surface area contributed by atoms with Gasteiger partial charge in [-0.3, -0.25) is 9.59 Å². The lowest BCUT2D eigenvalue weighted by atomic mass is 9.94. The van der Waals surface area contributed by atoms with Crippen LogP contribution in [0.5, 0.6) is 0 Å². The van der Waals surface area contributed by atoms with Crippen molar-refractivity contribution in [1.29, 1.82) is 0 Å². The molecule has 0 radical (unpaired) electrons. The van der Waals surface area contributed by atoms with Crippen LogP contribution in [0, 0.1) is 6.92 Å². The first-order valence-electron chi connectivity index (χ1n) is 10.4. The summed E-state index contributed by atoms with van der Waals surface area (Å²) in [6.07, 6.45) is 4.17. The van der Waals surface area contributed by atoms with Crippen molar-refractivity contribution in [2.45, 2.75) is 62.4 Å². The second kappa shape index (κ2) is 8.32. The summed E-state index contributed by atoms with van der Waals surface area (Å²) < 4.78 is 28.5. The Labute approximate surface area is 177 Å². The predicted molar refractivity (Wildman–Crippen MR) is 114 cm³/mol. The molecule has 2 aliphatic rings. The third-order valence-corrected chi connectivity index (χ3v) is 7.95. The van der Waals surface area contributed by atoms with Crippen molar-refractivity contribution in [3.63, 3.8) is 0 Å².